The number of primary amides is 1. The fraction of sp³-hybridized carbons (Fsp3) is 0.542. The minimum absolute atomic E-state index is 0.178. The molecule has 1 aromatic heterocycles. The van der Waals surface area contributed by atoms with Gasteiger partial charge in [0.05, 0.1) is 6.20 Å². The van der Waals surface area contributed by atoms with Gasteiger partial charge in [-0.2, -0.15) is 0 Å². The predicted octanol–water partition coefficient (Wildman–Crippen LogP) is 3.65. The van der Waals surface area contributed by atoms with Gasteiger partial charge in [0, 0.05) is 24.8 Å². The van der Waals surface area contributed by atoms with Crippen LogP contribution in [0.5, 0.6) is 0 Å². The van der Waals surface area contributed by atoms with E-state index in [1.807, 2.05) is 0 Å². The molecule has 2 saturated heterocycles. The number of hydrogen-bond donors (Lipinski definition) is 2. The number of rotatable bonds is 6. The molecule has 0 spiro atoms. The van der Waals surface area contributed by atoms with Gasteiger partial charge in [0.2, 0.25) is 0 Å². The van der Waals surface area contributed by atoms with E-state index < -0.39 is 5.91 Å². The first-order valence-electron chi connectivity index (χ1n) is 11.7. The molecule has 3 aliphatic rings. The molecule has 1 amide bonds. The van der Waals surface area contributed by atoms with Crippen molar-refractivity contribution < 1.29 is 4.79 Å². The maximum atomic E-state index is 11.9. The Labute approximate surface area is 184 Å². The minimum Gasteiger partial charge on any atom is -0.364 e. The molecule has 1 saturated carbocycles. The molecule has 2 aliphatic heterocycles. The molecule has 7 nitrogen and oxygen atoms in total. The molecule has 0 bridgehead atoms. The normalized spacial score (nSPS) is 20.6. The Morgan fingerprint density at radius 1 is 0.968 bits per heavy atom. The highest BCUT2D eigenvalue weighted by molar-refractivity contribution is 5.96. The second-order valence-corrected chi connectivity index (χ2v) is 9.13. The first kappa shape index (κ1) is 20.2. The van der Waals surface area contributed by atoms with E-state index in [0.29, 0.717) is 11.7 Å². The van der Waals surface area contributed by atoms with E-state index in [2.05, 4.69) is 44.4 Å². The van der Waals surface area contributed by atoms with E-state index >= 15 is 0 Å². The van der Waals surface area contributed by atoms with Crippen molar-refractivity contribution in [2.75, 3.05) is 36.4 Å². The van der Waals surface area contributed by atoms with Gasteiger partial charge in [-0.1, -0.05) is 12.1 Å². The maximum absolute atomic E-state index is 11.9. The molecule has 1 aliphatic carbocycles. The Morgan fingerprint density at radius 2 is 1.68 bits per heavy atom. The lowest BCUT2D eigenvalue weighted by molar-refractivity contribution is 0.0996. The monoisotopic (exact) mass is 420 g/mol. The number of anilines is 3. The lowest BCUT2D eigenvalue weighted by Gasteiger charge is -2.32. The standard InChI is InChI=1S/C24H32N6O/c25-23(31)22-24(28-21(16-26-22)30-12-2-1-3-13-30)27-19-6-4-17(5-7-19)18-10-14-29(15-11-18)20-8-9-20/h4-7,16,18,20H,1-3,8-15H2,(H2,25,31)(H,27,28). The lowest BCUT2D eigenvalue weighted by Crippen LogP contribution is -2.34. The molecule has 2 aromatic rings. The number of nitrogens with one attached hydrogen (secondary N) is 1. The van der Waals surface area contributed by atoms with Crippen molar-refractivity contribution in [2.45, 2.75) is 56.9 Å². The fourth-order valence-electron chi connectivity index (χ4n) is 4.94. The summed E-state index contributed by atoms with van der Waals surface area (Å²) in [6.07, 6.45) is 10.5. The summed E-state index contributed by atoms with van der Waals surface area (Å²) in [6, 6.07) is 9.41. The zero-order valence-corrected chi connectivity index (χ0v) is 18.1. The Morgan fingerprint density at radius 3 is 2.32 bits per heavy atom. The number of carbonyl (C=O) groups is 1. The molecule has 31 heavy (non-hydrogen) atoms. The van der Waals surface area contributed by atoms with Gasteiger partial charge in [0.15, 0.2) is 11.5 Å². The summed E-state index contributed by atoms with van der Waals surface area (Å²) in [5, 5.41) is 3.28. The number of nitrogens with zero attached hydrogens (tertiary/aromatic N) is 4. The van der Waals surface area contributed by atoms with Crippen LogP contribution in [0.4, 0.5) is 17.3 Å². The van der Waals surface area contributed by atoms with E-state index in [9.17, 15) is 4.79 Å². The summed E-state index contributed by atoms with van der Waals surface area (Å²) in [4.78, 5) is 25.8. The van der Waals surface area contributed by atoms with E-state index in [-0.39, 0.29) is 5.69 Å². The van der Waals surface area contributed by atoms with Gasteiger partial charge < -0.3 is 20.9 Å². The first-order valence-corrected chi connectivity index (χ1v) is 11.7. The van der Waals surface area contributed by atoms with E-state index in [1.165, 1.54) is 50.8 Å². The van der Waals surface area contributed by atoms with Crippen molar-refractivity contribution in [2.24, 2.45) is 5.73 Å². The summed E-state index contributed by atoms with van der Waals surface area (Å²) in [6.45, 7) is 4.38. The number of carbonyl (C=O) groups excluding carboxylic acids is 1. The summed E-state index contributed by atoms with van der Waals surface area (Å²) in [5.41, 5.74) is 8.02. The average molecular weight is 421 g/mol. The van der Waals surface area contributed by atoms with Crippen molar-refractivity contribution in [1.29, 1.82) is 0 Å². The van der Waals surface area contributed by atoms with Gasteiger partial charge >= 0.3 is 0 Å². The van der Waals surface area contributed by atoms with Crippen molar-refractivity contribution in [3.05, 3.63) is 41.7 Å². The maximum Gasteiger partial charge on any atom is 0.271 e. The summed E-state index contributed by atoms with van der Waals surface area (Å²) >= 11 is 0. The summed E-state index contributed by atoms with van der Waals surface area (Å²) in [5.74, 6) is 1.29. The second kappa shape index (κ2) is 8.83. The van der Waals surface area contributed by atoms with Gasteiger partial charge in [-0.05, 0) is 81.6 Å². The summed E-state index contributed by atoms with van der Waals surface area (Å²) in [7, 11) is 0. The Kier molecular flexibility index (Phi) is 5.76. The molecule has 5 rings (SSSR count). The molecular formula is C24H32N6O. The molecule has 3 fully saturated rings. The lowest BCUT2D eigenvalue weighted by atomic mass is 9.89. The van der Waals surface area contributed by atoms with Gasteiger partial charge in [0.25, 0.3) is 5.91 Å². The minimum atomic E-state index is -0.570. The van der Waals surface area contributed by atoms with Crippen molar-refractivity contribution >= 4 is 23.2 Å². The molecule has 0 unspecified atom stereocenters. The molecule has 1 aromatic carbocycles. The van der Waals surface area contributed by atoms with Gasteiger partial charge in [-0.3, -0.25) is 4.79 Å². The van der Waals surface area contributed by atoms with Gasteiger partial charge in [0.1, 0.15) is 5.82 Å². The van der Waals surface area contributed by atoms with Crippen molar-refractivity contribution in [3.8, 4) is 0 Å². The number of benzene rings is 1. The van der Waals surface area contributed by atoms with Gasteiger partial charge in [-0.15, -0.1) is 0 Å². The zero-order chi connectivity index (χ0) is 21.2. The fourth-order valence-corrected chi connectivity index (χ4v) is 4.94. The van der Waals surface area contributed by atoms with Crippen LogP contribution in [0.15, 0.2) is 30.5 Å². The molecular weight excluding hydrogens is 388 g/mol. The highest BCUT2D eigenvalue weighted by atomic mass is 16.1. The number of aromatic nitrogens is 2. The second-order valence-electron chi connectivity index (χ2n) is 9.13. The van der Waals surface area contributed by atoms with Crippen molar-refractivity contribution in [1.82, 2.24) is 14.9 Å². The third-order valence-corrected chi connectivity index (χ3v) is 6.91. The Bertz CT molecular complexity index is 912. The number of nitrogens with two attached hydrogens (primary N) is 1. The number of likely N-dealkylation sites (tertiary alicyclic amines) is 1. The van der Waals surface area contributed by atoms with Crippen LogP contribution < -0.4 is 16.0 Å². The topological polar surface area (TPSA) is 87.4 Å². The quantitative estimate of drug-likeness (QED) is 0.742. The first-order chi connectivity index (χ1) is 15.2. The molecule has 0 atom stereocenters. The smallest absolute Gasteiger partial charge is 0.271 e. The van der Waals surface area contributed by atoms with Crippen LogP contribution >= 0.6 is 0 Å². The summed E-state index contributed by atoms with van der Waals surface area (Å²) < 4.78 is 0. The molecule has 0 radical (unpaired) electrons. The average Bonchev–Trinajstić information content (AvgIpc) is 3.66. The molecule has 3 N–H and O–H groups in total. The number of amides is 1. The van der Waals surface area contributed by atoms with Crippen LogP contribution in [-0.4, -0.2) is 53.0 Å². The molecule has 7 heteroatoms. The van der Waals surface area contributed by atoms with Crippen molar-refractivity contribution in [3.63, 3.8) is 0 Å². The van der Waals surface area contributed by atoms with Crippen LogP contribution in [0.1, 0.15) is 66.9 Å². The molecule has 164 valence electrons. The van der Waals surface area contributed by atoms with Crippen LogP contribution in [0.25, 0.3) is 0 Å². The zero-order valence-electron chi connectivity index (χ0n) is 18.1. The third-order valence-electron chi connectivity index (χ3n) is 6.91. The van der Waals surface area contributed by atoms with Crippen LogP contribution in [0.2, 0.25) is 0 Å². The molecule has 3 heterocycles. The number of piperidine rings is 2. The van der Waals surface area contributed by atoms with E-state index in [1.54, 1.807) is 6.20 Å². The third kappa shape index (κ3) is 4.66. The highest BCUT2D eigenvalue weighted by Gasteiger charge is 2.32. The Hall–Kier alpha value is -2.67. The highest BCUT2D eigenvalue weighted by Crippen LogP contribution is 2.35. The number of hydrogen-bond acceptors (Lipinski definition) is 6. The Balaban J connectivity index is 1.29. The van der Waals surface area contributed by atoms with E-state index in [0.717, 1.165) is 43.5 Å². The largest absolute Gasteiger partial charge is 0.364 e. The van der Waals surface area contributed by atoms with Crippen LogP contribution in [0, 0.1) is 0 Å². The predicted molar refractivity (Wildman–Crippen MR) is 123 cm³/mol. The van der Waals surface area contributed by atoms with Crippen LogP contribution in [-0.2, 0) is 0 Å². The van der Waals surface area contributed by atoms with Crippen LogP contribution in [0.3, 0.4) is 0 Å². The van der Waals surface area contributed by atoms with E-state index in [4.69, 9.17) is 10.7 Å². The SMILES string of the molecule is NC(=O)c1ncc(N2CCCCC2)nc1Nc1ccc(C2CCN(C3CC3)CC2)cc1. The van der Waals surface area contributed by atoms with Gasteiger partial charge in [-0.25, -0.2) is 9.97 Å².